The molecule has 1 N–H and O–H groups in total. The van der Waals surface area contributed by atoms with Crippen LogP contribution in [0.25, 0.3) is 0 Å². The van der Waals surface area contributed by atoms with Crippen molar-refractivity contribution in [2.75, 3.05) is 12.3 Å². The quantitative estimate of drug-likeness (QED) is 0.673. The Labute approximate surface area is 159 Å². The molecule has 0 unspecified atom stereocenters. The van der Waals surface area contributed by atoms with E-state index < -0.39 is 6.10 Å². The van der Waals surface area contributed by atoms with Gasteiger partial charge in [-0.3, -0.25) is 4.79 Å². The van der Waals surface area contributed by atoms with Gasteiger partial charge in [0.05, 0.1) is 0 Å². The van der Waals surface area contributed by atoms with Crippen LogP contribution in [-0.4, -0.2) is 24.3 Å². The maximum absolute atomic E-state index is 12.1. The second kappa shape index (κ2) is 9.73. The van der Waals surface area contributed by atoms with Crippen LogP contribution < -0.4 is 10.1 Å². The molecule has 5 heteroatoms. The fraction of sp³-hybridized carbons (Fsp3) is 0.350. The Kier molecular flexibility index (Phi) is 7.66. The Morgan fingerprint density at radius 2 is 1.92 bits per heavy atom. The number of hydrogen-bond donors (Lipinski definition) is 1. The van der Waals surface area contributed by atoms with Gasteiger partial charge in [0, 0.05) is 23.1 Å². The fourth-order valence-electron chi connectivity index (χ4n) is 2.34. The lowest BCUT2D eigenvalue weighted by Crippen LogP contribution is -2.37. The van der Waals surface area contributed by atoms with Crippen LogP contribution in [0.3, 0.4) is 0 Å². The monoisotopic (exact) mass is 377 g/mol. The Balaban J connectivity index is 1.68. The molecule has 2 aromatic carbocycles. The number of ether oxygens (including phenoxy) is 1. The highest BCUT2D eigenvalue weighted by Gasteiger charge is 2.15. The Morgan fingerprint density at radius 1 is 1.20 bits per heavy atom. The van der Waals surface area contributed by atoms with Gasteiger partial charge in [-0.25, -0.2) is 0 Å². The lowest BCUT2D eigenvalue weighted by Gasteiger charge is -2.16. The van der Waals surface area contributed by atoms with Crippen LogP contribution in [0, 0.1) is 13.8 Å². The Hall–Kier alpha value is -1.65. The topological polar surface area (TPSA) is 38.3 Å². The van der Waals surface area contributed by atoms with Crippen LogP contribution in [0.2, 0.25) is 5.02 Å². The molecule has 0 heterocycles. The van der Waals surface area contributed by atoms with Crippen molar-refractivity contribution >= 4 is 29.3 Å². The van der Waals surface area contributed by atoms with Gasteiger partial charge in [-0.15, -0.1) is 0 Å². The third-order valence-electron chi connectivity index (χ3n) is 3.73. The summed E-state index contributed by atoms with van der Waals surface area (Å²) in [6.45, 7) is 6.42. The molecular weight excluding hydrogens is 354 g/mol. The summed E-state index contributed by atoms with van der Waals surface area (Å²) in [5.74, 6) is 2.42. The molecule has 3 nitrogen and oxygen atoms in total. The molecule has 2 aromatic rings. The number of benzene rings is 2. The molecule has 0 bridgehead atoms. The second-order valence-corrected chi connectivity index (χ2v) is 7.54. The molecule has 0 radical (unpaired) electrons. The first-order valence-electron chi connectivity index (χ1n) is 8.29. The van der Waals surface area contributed by atoms with Crippen LogP contribution in [-0.2, 0) is 10.5 Å². The summed E-state index contributed by atoms with van der Waals surface area (Å²) in [6, 6.07) is 13.8. The first-order valence-corrected chi connectivity index (χ1v) is 9.83. The van der Waals surface area contributed by atoms with Crippen molar-refractivity contribution in [1.82, 2.24) is 5.32 Å². The number of rotatable bonds is 8. The summed E-state index contributed by atoms with van der Waals surface area (Å²) >= 11 is 7.64. The molecule has 134 valence electrons. The average Bonchev–Trinajstić information content (AvgIpc) is 2.58. The number of carbonyl (C=O) groups excluding carboxylic acids is 1. The molecule has 0 aliphatic rings. The van der Waals surface area contributed by atoms with Gasteiger partial charge < -0.3 is 10.1 Å². The van der Waals surface area contributed by atoms with E-state index in [0.717, 1.165) is 27.8 Å². The van der Waals surface area contributed by atoms with Crippen molar-refractivity contribution in [2.45, 2.75) is 32.6 Å². The van der Waals surface area contributed by atoms with Crippen molar-refractivity contribution < 1.29 is 9.53 Å². The van der Waals surface area contributed by atoms with Crippen LogP contribution in [0.4, 0.5) is 0 Å². The molecular formula is C20H24ClNO2S. The highest BCUT2D eigenvalue weighted by Crippen LogP contribution is 2.20. The van der Waals surface area contributed by atoms with E-state index >= 15 is 0 Å². The SMILES string of the molecule is Cc1ccc(O[C@H](C)C(=O)NCCSCc2ccc(Cl)cc2)c(C)c1. The number of thioether (sulfide) groups is 1. The van der Waals surface area contributed by atoms with Crippen molar-refractivity contribution in [1.29, 1.82) is 0 Å². The molecule has 2 rings (SSSR count). The summed E-state index contributed by atoms with van der Waals surface area (Å²) in [4.78, 5) is 12.1. The second-order valence-electron chi connectivity index (χ2n) is 6.00. The van der Waals surface area contributed by atoms with Crippen LogP contribution in [0.1, 0.15) is 23.6 Å². The lowest BCUT2D eigenvalue weighted by molar-refractivity contribution is -0.127. The Bertz CT molecular complexity index is 703. The molecule has 0 aliphatic carbocycles. The van der Waals surface area contributed by atoms with Gasteiger partial charge in [-0.1, -0.05) is 41.4 Å². The van der Waals surface area contributed by atoms with E-state index in [2.05, 4.69) is 5.32 Å². The minimum absolute atomic E-state index is 0.0907. The van der Waals surface area contributed by atoms with E-state index in [1.165, 1.54) is 11.1 Å². The number of aryl methyl sites for hydroxylation is 2. The number of hydrogen-bond acceptors (Lipinski definition) is 3. The fourth-order valence-corrected chi connectivity index (χ4v) is 3.28. The first-order chi connectivity index (χ1) is 12.0. The van der Waals surface area contributed by atoms with Gasteiger partial charge >= 0.3 is 0 Å². The standard InChI is InChI=1S/C20H24ClNO2S/c1-14-4-9-19(15(2)12-14)24-16(3)20(23)22-10-11-25-13-17-5-7-18(21)8-6-17/h4-9,12,16H,10-11,13H2,1-3H3,(H,22,23)/t16-/m1/s1. The molecule has 0 fully saturated rings. The van der Waals surface area contributed by atoms with Gasteiger partial charge in [0.2, 0.25) is 0 Å². The first kappa shape index (κ1) is 19.7. The number of halogens is 1. The summed E-state index contributed by atoms with van der Waals surface area (Å²) in [5.41, 5.74) is 3.45. The molecule has 0 saturated heterocycles. The summed E-state index contributed by atoms with van der Waals surface area (Å²) in [7, 11) is 0. The summed E-state index contributed by atoms with van der Waals surface area (Å²) in [6.07, 6.45) is -0.511. The zero-order valence-corrected chi connectivity index (χ0v) is 16.4. The van der Waals surface area contributed by atoms with Gasteiger partial charge in [0.15, 0.2) is 6.10 Å². The van der Waals surface area contributed by atoms with Crippen LogP contribution in [0.5, 0.6) is 5.75 Å². The molecule has 1 amide bonds. The zero-order valence-electron chi connectivity index (χ0n) is 14.8. The van der Waals surface area contributed by atoms with E-state index in [0.29, 0.717) is 6.54 Å². The smallest absolute Gasteiger partial charge is 0.260 e. The van der Waals surface area contributed by atoms with Gasteiger partial charge in [0.25, 0.3) is 5.91 Å². The highest BCUT2D eigenvalue weighted by molar-refractivity contribution is 7.98. The minimum Gasteiger partial charge on any atom is -0.481 e. The van der Waals surface area contributed by atoms with Crippen LogP contribution >= 0.6 is 23.4 Å². The van der Waals surface area contributed by atoms with Crippen molar-refractivity contribution in [3.05, 3.63) is 64.2 Å². The summed E-state index contributed by atoms with van der Waals surface area (Å²) < 4.78 is 5.77. The van der Waals surface area contributed by atoms with Crippen molar-refractivity contribution in [2.24, 2.45) is 0 Å². The molecule has 0 saturated carbocycles. The predicted molar refractivity (Wildman–Crippen MR) is 107 cm³/mol. The van der Waals surface area contributed by atoms with Gasteiger partial charge in [0.1, 0.15) is 5.75 Å². The maximum Gasteiger partial charge on any atom is 0.260 e. The van der Waals surface area contributed by atoms with E-state index in [-0.39, 0.29) is 5.91 Å². The van der Waals surface area contributed by atoms with Gasteiger partial charge in [-0.05, 0) is 50.1 Å². The maximum atomic E-state index is 12.1. The molecule has 0 aliphatic heterocycles. The van der Waals surface area contributed by atoms with Crippen molar-refractivity contribution in [3.63, 3.8) is 0 Å². The lowest BCUT2D eigenvalue weighted by atomic mass is 10.1. The highest BCUT2D eigenvalue weighted by atomic mass is 35.5. The van der Waals surface area contributed by atoms with E-state index in [4.69, 9.17) is 16.3 Å². The predicted octanol–water partition coefficient (Wildman–Crippen LogP) is 4.77. The van der Waals surface area contributed by atoms with Crippen molar-refractivity contribution in [3.8, 4) is 5.75 Å². The van der Waals surface area contributed by atoms with E-state index in [1.54, 1.807) is 18.7 Å². The number of amides is 1. The zero-order chi connectivity index (χ0) is 18.2. The third-order valence-corrected chi connectivity index (χ3v) is 5.01. The van der Waals surface area contributed by atoms with Crippen LogP contribution in [0.15, 0.2) is 42.5 Å². The number of carbonyl (C=O) groups is 1. The van der Waals surface area contributed by atoms with E-state index in [1.807, 2.05) is 56.3 Å². The third kappa shape index (κ3) is 6.63. The van der Waals surface area contributed by atoms with E-state index in [9.17, 15) is 4.79 Å². The van der Waals surface area contributed by atoms with Gasteiger partial charge in [-0.2, -0.15) is 11.8 Å². The number of nitrogens with one attached hydrogen (secondary N) is 1. The minimum atomic E-state index is -0.511. The summed E-state index contributed by atoms with van der Waals surface area (Å²) in [5, 5.41) is 3.67. The largest absolute Gasteiger partial charge is 0.481 e. The molecule has 0 aromatic heterocycles. The average molecular weight is 378 g/mol. The molecule has 25 heavy (non-hydrogen) atoms. The normalized spacial score (nSPS) is 11.8. The molecule has 0 spiro atoms. The Morgan fingerprint density at radius 3 is 2.60 bits per heavy atom. The molecule has 1 atom stereocenters.